The second kappa shape index (κ2) is 4.33. The average molecular weight is 262 g/mol. The van der Waals surface area contributed by atoms with Crippen molar-refractivity contribution in [1.82, 2.24) is 19.6 Å². The summed E-state index contributed by atoms with van der Waals surface area (Å²) in [6, 6.07) is 0.735. The topological polar surface area (TPSA) is 32.6 Å². The van der Waals surface area contributed by atoms with Crippen LogP contribution in [0.1, 0.15) is 18.5 Å². The Morgan fingerprint density at radius 1 is 1.44 bits per heavy atom. The molecule has 2 aromatic heterocycles. The number of nitrogens with one attached hydrogen (secondary N) is 1. The molecule has 1 aliphatic heterocycles. The highest BCUT2D eigenvalue weighted by atomic mass is 32.1. The lowest BCUT2D eigenvalue weighted by atomic mass is 10.1. The number of imidazole rings is 1. The highest BCUT2D eigenvalue weighted by molar-refractivity contribution is 7.15. The predicted molar refractivity (Wildman–Crippen MR) is 72.9 cm³/mol. The third kappa shape index (κ3) is 1.96. The van der Waals surface area contributed by atoms with Crippen LogP contribution in [0.4, 0.5) is 0 Å². The highest BCUT2D eigenvalue weighted by Gasteiger charge is 2.36. The van der Waals surface area contributed by atoms with E-state index in [2.05, 4.69) is 32.4 Å². The first-order valence-electron chi connectivity index (χ1n) is 6.76. The van der Waals surface area contributed by atoms with Crippen molar-refractivity contribution < 1.29 is 0 Å². The second-order valence-electron chi connectivity index (χ2n) is 5.40. The first-order chi connectivity index (χ1) is 8.90. The van der Waals surface area contributed by atoms with E-state index < -0.39 is 0 Å². The summed E-state index contributed by atoms with van der Waals surface area (Å²) >= 11 is 1.71. The predicted octanol–water partition coefficient (Wildman–Crippen LogP) is 1.58. The van der Waals surface area contributed by atoms with E-state index in [9.17, 15) is 0 Å². The number of piperazine rings is 1. The summed E-state index contributed by atoms with van der Waals surface area (Å²) in [6.07, 6.45) is 7.10. The SMILES string of the molecule is c1cn2cc(CN3CCNCC3C3CC3)nc2s1. The molecule has 2 aliphatic rings. The van der Waals surface area contributed by atoms with Gasteiger partial charge in [-0.05, 0) is 18.8 Å². The highest BCUT2D eigenvalue weighted by Crippen LogP contribution is 2.36. The fourth-order valence-corrected chi connectivity index (χ4v) is 3.69. The molecule has 0 bridgehead atoms. The summed E-state index contributed by atoms with van der Waals surface area (Å²) < 4.78 is 2.13. The number of nitrogens with zero attached hydrogens (tertiary/aromatic N) is 3. The van der Waals surface area contributed by atoms with Gasteiger partial charge >= 0.3 is 0 Å². The summed E-state index contributed by atoms with van der Waals surface area (Å²) in [5.41, 5.74) is 1.22. The van der Waals surface area contributed by atoms with Gasteiger partial charge in [-0.3, -0.25) is 9.30 Å². The van der Waals surface area contributed by atoms with Gasteiger partial charge in [0.25, 0.3) is 0 Å². The molecule has 5 heteroatoms. The Hall–Kier alpha value is -0.910. The van der Waals surface area contributed by atoms with Gasteiger partial charge in [0.15, 0.2) is 4.96 Å². The van der Waals surface area contributed by atoms with Gasteiger partial charge < -0.3 is 5.32 Å². The minimum absolute atomic E-state index is 0.735. The van der Waals surface area contributed by atoms with E-state index in [1.807, 2.05) is 0 Å². The summed E-state index contributed by atoms with van der Waals surface area (Å²) in [4.78, 5) is 8.44. The number of aromatic nitrogens is 2. The third-order valence-electron chi connectivity index (χ3n) is 4.07. The number of hydrogen-bond acceptors (Lipinski definition) is 4. The maximum absolute atomic E-state index is 4.70. The summed E-state index contributed by atoms with van der Waals surface area (Å²) in [6.45, 7) is 4.45. The summed E-state index contributed by atoms with van der Waals surface area (Å²) in [7, 11) is 0. The first kappa shape index (κ1) is 11.0. The lowest BCUT2D eigenvalue weighted by Crippen LogP contribution is -2.51. The zero-order valence-electron chi connectivity index (χ0n) is 10.4. The minimum atomic E-state index is 0.735. The largest absolute Gasteiger partial charge is 0.314 e. The Kier molecular flexibility index (Phi) is 2.64. The second-order valence-corrected chi connectivity index (χ2v) is 6.28. The van der Waals surface area contributed by atoms with Crippen molar-refractivity contribution in [2.45, 2.75) is 25.4 Å². The molecule has 1 saturated heterocycles. The zero-order valence-corrected chi connectivity index (χ0v) is 11.2. The van der Waals surface area contributed by atoms with E-state index in [-0.39, 0.29) is 0 Å². The van der Waals surface area contributed by atoms with E-state index in [1.54, 1.807) is 11.3 Å². The van der Waals surface area contributed by atoms with E-state index in [0.29, 0.717) is 0 Å². The molecule has 0 radical (unpaired) electrons. The Morgan fingerprint density at radius 3 is 3.22 bits per heavy atom. The molecule has 1 saturated carbocycles. The molecule has 96 valence electrons. The molecular weight excluding hydrogens is 244 g/mol. The molecule has 0 amide bonds. The van der Waals surface area contributed by atoms with Gasteiger partial charge in [-0.1, -0.05) is 0 Å². The average Bonchev–Trinajstić information content (AvgIpc) is 3.01. The molecule has 1 unspecified atom stereocenters. The van der Waals surface area contributed by atoms with Crippen LogP contribution < -0.4 is 5.32 Å². The van der Waals surface area contributed by atoms with Gasteiger partial charge in [-0.25, -0.2) is 4.98 Å². The maximum Gasteiger partial charge on any atom is 0.193 e. The summed E-state index contributed by atoms with van der Waals surface area (Å²) in [5.74, 6) is 0.932. The van der Waals surface area contributed by atoms with Crippen molar-refractivity contribution in [2.24, 2.45) is 5.92 Å². The van der Waals surface area contributed by atoms with Crippen molar-refractivity contribution in [3.05, 3.63) is 23.5 Å². The van der Waals surface area contributed by atoms with Crippen LogP contribution in [0.2, 0.25) is 0 Å². The van der Waals surface area contributed by atoms with Gasteiger partial charge in [-0.2, -0.15) is 0 Å². The summed E-state index contributed by atoms with van der Waals surface area (Å²) in [5, 5.41) is 5.62. The van der Waals surface area contributed by atoms with Gasteiger partial charge in [0, 0.05) is 50.0 Å². The van der Waals surface area contributed by atoms with Crippen molar-refractivity contribution in [2.75, 3.05) is 19.6 Å². The standard InChI is InChI=1S/C13H18N4S/c1-2-10(1)12-7-14-3-4-16(12)8-11-9-17-5-6-18-13(17)15-11/h5-6,9-10,12,14H,1-4,7-8H2. The quantitative estimate of drug-likeness (QED) is 0.911. The van der Waals surface area contributed by atoms with E-state index in [4.69, 9.17) is 4.98 Å². The molecule has 18 heavy (non-hydrogen) atoms. The van der Waals surface area contributed by atoms with Crippen molar-refractivity contribution in [1.29, 1.82) is 0 Å². The molecular formula is C13H18N4S. The smallest absolute Gasteiger partial charge is 0.193 e. The van der Waals surface area contributed by atoms with Crippen molar-refractivity contribution >= 4 is 16.3 Å². The molecule has 1 aliphatic carbocycles. The fraction of sp³-hybridized carbons (Fsp3) is 0.615. The Labute approximate surface area is 111 Å². The van der Waals surface area contributed by atoms with E-state index in [1.165, 1.54) is 18.5 Å². The molecule has 2 aromatic rings. The van der Waals surface area contributed by atoms with Crippen LogP contribution in [0, 0.1) is 5.92 Å². The molecule has 1 N–H and O–H groups in total. The maximum atomic E-state index is 4.70. The molecule has 0 spiro atoms. The van der Waals surface area contributed by atoms with Crippen LogP contribution >= 0.6 is 11.3 Å². The zero-order chi connectivity index (χ0) is 11.9. The monoisotopic (exact) mass is 262 g/mol. The van der Waals surface area contributed by atoms with E-state index >= 15 is 0 Å². The molecule has 1 atom stereocenters. The minimum Gasteiger partial charge on any atom is -0.314 e. The number of hydrogen-bond donors (Lipinski definition) is 1. The third-order valence-corrected chi connectivity index (χ3v) is 4.84. The molecule has 4 nitrogen and oxygen atoms in total. The fourth-order valence-electron chi connectivity index (χ4n) is 2.97. The molecule has 0 aromatic carbocycles. The molecule has 2 fully saturated rings. The van der Waals surface area contributed by atoms with Crippen LogP contribution in [-0.4, -0.2) is 40.0 Å². The van der Waals surface area contributed by atoms with Gasteiger partial charge in [0.2, 0.25) is 0 Å². The first-order valence-corrected chi connectivity index (χ1v) is 7.64. The Morgan fingerprint density at radius 2 is 2.39 bits per heavy atom. The van der Waals surface area contributed by atoms with Gasteiger partial charge in [0.1, 0.15) is 0 Å². The van der Waals surface area contributed by atoms with Gasteiger partial charge in [-0.15, -0.1) is 11.3 Å². The normalized spacial score (nSPS) is 25.9. The Balaban J connectivity index is 1.53. The van der Waals surface area contributed by atoms with Gasteiger partial charge in [0.05, 0.1) is 5.69 Å². The number of fused-ring (bicyclic) bond motifs is 1. The van der Waals surface area contributed by atoms with Crippen LogP contribution in [0.3, 0.4) is 0 Å². The Bertz CT molecular complexity index is 513. The molecule has 4 rings (SSSR count). The molecule has 3 heterocycles. The van der Waals surface area contributed by atoms with E-state index in [0.717, 1.165) is 43.1 Å². The lowest BCUT2D eigenvalue weighted by Gasteiger charge is -2.36. The van der Waals surface area contributed by atoms with Crippen LogP contribution in [0.5, 0.6) is 0 Å². The number of thiazole rings is 1. The number of rotatable bonds is 3. The van der Waals surface area contributed by atoms with Crippen molar-refractivity contribution in [3.63, 3.8) is 0 Å². The van der Waals surface area contributed by atoms with Crippen molar-refractivity contribution in [3.8, 4) is 0 Å². The lowest BCUT2D eigenvalue weighted by molar-refractivity contribution is 0.134. The van der Waals surface area contributed by atoms with Crippen LogP contribution in [0.15, 0.2) is 17.8 Å². The van der Waals surface area contributed by atoms with Crippen LogP contribution in [0.25, 0.3) is 4.96 Å². The van der Waals surface area contributed by atoms with Crippen LogP contribution in [-0.2, 0) is 6.54 Å².